The second-order valence-corrected chi connectivity index (χ2v) is 4.87. The van der Waals surface area contributed by atoms with Crippen LogP contribution < -0.4 is 0 Å². The predicted molar refractivity (Wildman–Crippen MR) is 45.9 cm³/mol. The molecule has 0 bridgehead atoms. The SMILES string of the molecule is Cc1c(O)cccc1S(=O)(=O)Cl. The minimum atomic E-state index is -3.74. The van der Waals surface area contributed by atoms with Gasteiger partial charge in [0.05, 0.1) is 4.90 Å². The summed E-state index contributed by atoms with van der Waals surface area (Å²) in [6.45, 7) is 1.49. The van der Waals surface area contributed by atoms with Crippen molar-refractivity contribution in [1.82, 2.24) is 0 Å². The molecule has 0 unspecified atom stereocenters. The first-order valence-corrected chi connectivity index (χ1v) is 5.47. The monoisotopic (exact) mass is 206 g/mol. The molecule has 1 aromatic carbocycles. The highest BCUT2D eigenvalue weighted by Crippen LogP contribution is 2.25. The van der Waals surface area contributed by atoms with Gasteiger partial charge in [-0.25, -0.2) is 8.42 Å². The molecule has 0 aliphatic heterocycles. The number of rotatable bonds is 1. The van der Waals surface area contributed by atoms with Crippen LogP contribution in [0.2, 0.25) is 0 Å². The van der Waals surface area contributed by atoms with E-state index >= 15 is 0 Å². The van der Waals surface area contributed by atoms with E-state index in [1.807, 2.05) is 0 Å². The molecule has 0 saturated carbocycles. The van der Waals surface area contributed by atoms with Gasteiger partial charge in [-0.05, 0) is 19.1 Å². The van der Waals surface area contributed by atoms with Crippen LogP contribution in [-0.4, -0.2) is 13.5 Å². The lowest BCUT2D eigenvalue weighted by molar-refractivity contribution is 0.468. The van der Waals surface area contributed by atoms with Crippen molar-refractivity contribution in [2.45, 2.75) is 11.8 Å². The fraction of sp³-hybridized carbons (Fsp3) is 0.143. The molecule has 0 spiro atoms. The maximum absolute atomic E-state index is 10.9. The van der Waals surface area contributed by atoms with E-state index in [1.54, 1.807) is 0 Å². The number of hydrogen-bond donors (Lipinski definition) is 1. The van der Waals surface area contributed by atoms with Gasteiger partial charge in [-0.15, -0.1) is 0 Å². The second-order valence-electron chi connectivity index (χ2n) is 2.34. The number of benzene rings is 1. The summed E-state index contributed by atoms with van der Waals surface area (Å²) in [7, 11) is 1.35. The Morgan fingerprint density at radius 3 is 2.42 bits per heavy atom. The molecule has 3 nitrogen and oxygen atoms in total. The fourth-order valence-corrected chi connectivity index (χ4v) is 2.08. The molecule has 0 atom stereocenters. The molecule has 0 aromatic heterocycles. The Labute approximate surface area is 75.0 Å². The van der Waals surface area contributed by atoms with Crippen molar-refractivity contribution in [3.63, 3.8) is 0 Å². The van der Waals surface area contributed by atoms with Crippen LogP contribution in [0.3, 0.4) is 0 Å². The predicted octanol–water partition coefficient (Wildman–Crippen LogP) is 1.63. The second kappa shape index (κ2) is 2.95. The molecular formula is C7H7ClO3S. The van der Waals surface area contributed by atoms with Crippen molar-refractivity contribution in [3.8, 4) is 5.75 Å². The van der Waals surface area contributed by atoms with Crippen LogP contribution in [0, 0.1) is 6.92 Å². The van der Waals surface area contributed by atoms with E-state index in [2.05, 4.69) is 0 Å². The van der Waals surface area contributed by atoms with Gasteiger partial charge >= 0.3 is 0 Å². The lowest BCUT2D eigenvalue weighted by Gasteiger charge is -2.02. The smallest absolute Gasteiger partial charge is 0.261 e. The van der Waals surface area contributed by atoms with Crippen molar-refractivity contribution in [3.05, 3.63) is 23.8 Å². The van der Waals surface area contributed by atoms with E-state index in [-0.39, 0.29) is 16.2 Å². The molecule has 1 aromatic rings. The van der Waals surface area contributed by atoms with E-state index in [9.17, 15) is 8.42 Å². The van der Waals surface area contributed by atoms with Crippen LogP contribution >= 0.6 is 10.7 Å². The highest BCUT2D eigenvalue weighted by Gasteiger charge is 2.14. The summed E-state index contributed by atoms with van der Waals surface area (Å²) in [4.78, 5) is -0.0517. The summed E-state index contributed by atoms with van der Waals surface area (Å²) in [5.41, 5.74) is 0.271. The molecule has 0 heterocycles. The summed E-state index contributed by atoms with van der Waals surface area (Å²) in [5.74, 6) is -0.0725. The number of hydrogen-bond acceptors (Lipinski definition) is 3. The molecule has 0 fully saturated rings. The van der Waals surface area contributed by atoms with Crippen LogP contribution in [0.4, 0.5) is 0 Å². The average molecular weight is 207 g/mol. The molecule has 5 heteroatoms. The molecule has 0 radical (unpaired) electrons. The first kappa shape index (κ1) is 9.35. The molecule has 66 valence electrons. The number of halogens is 1. The van der Waals surface area contributed by atoms with E-state index < -0.39 is 9.05 Å². The lowest BCUT2D eigenvalue weighted by atomic mass is 10.2. The third kappa shape index (κ3) is 1.70. The Bertz CT molecular complexity index is 397. The van der Waals surface area contributed by atoms with Gasteiger partial charge in [-0.1, -0.05) is 6.07 Å². The standard InChI is InChI=1S/C7H7ClO3S/c1-5-6(9)3-2-4-7(5)12(8,10)11/h2-4,9H,1H3. The highest BCUT2D eigenvalue weighted by molar-refractivity contribution is 8.13. The van der Waals surface area contributed by atoms with Gasteiger partial charge in [0.25, 0.3) is 9.05 Å². The van der Waals surface area contributed by atoms with Crippen molar-refractivity contribution in [2.75, 3.05) is 0 Å². The molecule has 12 heavy (non-hydrogen) atoms. The van der Waals surface area contributed by atoms with E-state index in [4.69, 9.17) is 15.8 Å². The summed E-state index contributed by atoms with van der Waals surface area (Å²) < 4.78 is 21.7. The molecular weight excluding hydrogens is 200 g/mol. The van der Waals surface area contributed by atoms with E-state index in [1.165, 1.54) is 25.1 Å². The molecule has 0 aliphatic carbocycles. The number of phenolic OH excluding ortho intramolecular Hbond substituents is 1. The Kier molecular flexibility index (Phi) is 2.30. The van der Waals surface area contributed by atoms with Gasteiger partial charge in [0.15, 0.2) is 0 Å². The summed E-state index contributed by atoms with van der Waals surface area (Å²) in [6.07, 6.45) is 0. The van der Waals surface area contributed by atoms with Gasteiger partial charge in [-0.3, -0.25) is 0 Å². The minimum absolute atomic E-state index is 0.0517. The van der Waals surface area contributed by atoms with Crippen LogP contribution in [0.1, 0.15) is 5.56 Å². The molecule has 0 amide bonds. The Morgan fingerprint density at radius 1 is 1.42 bits per heavy atom. The molecule has 1 N–H and O–H groups in total. The number of phenols is 1. The van der Waals surface area contributed by atoms with Gasteiger partial charge in [0.1, 0.15) is 5.75 Å². The molecule has 0 saturated heterocycles. The maximum Gasteiger partial charge on any atom is 0.261 e. The molecule has 1 rings (SSSR count). The summed E-state index contributed by atoms with van der Waals surface area (Å²) in [5, 5.41) is 9.14. The Morgan fingerprint density at radius 2 is 2.00 bits per heavy atom. The van der Waals surface area contributed by atoms with Crippen molar-refractivity contribution in [1.29, 1.82) is 0 Å². The zero-order chi connectivity index (χ0) is 9.35. The van der Waals surface area contributed by atoms with E-state index in [0.29, 0.717) is 0 Å². The fourth-order valence-electron chi connectivity index (χ4n) is 0.867. The van der Waals surface area contributed by atoms with Crippen LogP contribution in [0.5, 0.6) is 5.75 Å². The van der Waals surface area contributed by atoms with Gasteiger partial charge < -0.3 is 5.11 Å². The van der Waals surface area contributed by atoms with Crippen molar-refractivity contribution in [2.24, 2.45) is 0 Å². The third-order valence-corrected chi connectivity index (χ3v) is 2.98. The summed E-state index contributed by atoms with van der Waals surface area (Å²) in [6, 6.07) is 4.18. The van der Waals surface area contributed by atoms with Crippen molar-refractivity contribution >= 4 is 19.7 Å². The van der Waals surface area contributed by atoms with Crippen molar-refractivity contribution < 1.29 is 13.5 Å². The lowest BCUT2D eigenvalue weighted by Crippen LogP contribution is -1.93. The van der Waals surface area contributed by atoms with Crippen LogP contribution in [0.25, 0.3) is 0 Å². The highest BCUT2D eigenvalue weighted by atomic mass is 35.7. The maximum atomic E-state index is 10.9. The largest absolute Gasteiger partial charge is 0.508 e. The first-order valence-electron chi connectivity index (χ1n) is 3.16. The topological polar surface area (TPSA) is 54.4 Å². The molecule has 0 aliphatic rings. The van der Waals surface area contributed by atoms with Crippen LogP contribution in [0.15, 0.2) is 23.1 Å². The first-order chi connectivity index (χ1) is 5.43. The van der Waals surface area contributed by atoms with E-state index in [0.717, 1.165) is 0 Å². The quantitative estimate of drug-likeness (QED) is 0.711. The van der Waals surface area contributed by atoms with Gasteiger partial charge in [0, 0.05) is 16.2 Å². The zero-order valence-corrected chi connectivity index (χ0v) is 7.85. The average Bonchev–Trinajstić information content (AvgIpc) is 1.92. The zero-order valence-electron chi connectivity index (χ0n) is 6.28. The Hall–Kier alpha value is -0.740. The number of aromatic hydroxyl groups is 1. The van der Waals surface area contributed by atoms with Crippen LogP contribution in [-0.2, 0) is 9.05 Å². The normalized spacial score (nSPS) is 11.5. The third-order valence-electron chi connectivity index (χ3n) is 1.52. The summed E-state index contributed by atoms with van der Waals surface area (Å²) >= 11 is 0. The minimum Gasteiger partial charge on any atom is -0.508 e. The van der Waals surface area contributed by atoms with Gasteiger partial charge in [-0.2, -0.15) is 0 Å². The van der Waals surface area contributed by atoms with Gasteiger partial charge in [0.2, 0.25) is 0 Å². The Balaban J connectivity index is 3.47.